The molecule has 1 unspecified atom stereocenters. The number of benzene rings is 4. The average Bonchev–Trinajstić information content (AvgIpc) is 3.42. The van der Waals surface area contributed by atoms with Crippen LogP contribution < -0.4 is 9.47 Å². The second-order valence-corrected chi connectivity index (χ2v) is 10.4. The Kier molecular flexibility index (Phi) is 7.76. The number of nitrogens with zero attached hydrogens (tertiary/aromatic N) is 2. The average molecular weight is 557 g/mol. The topological polar surface area (TPSA) is 77.4 Å². The monoisotopic (exact) mass is 556 g/mol. The van der Waals surface area contributed by atoms with Gasteiger partial charge in [0.05, 0.1) is 18.9 Å². The number of halogens is 1. The predicted molar refractivity (Wildman–Crippen MR) is 155 cm³/mol. The second-order valence-electron chi connectivity index (χ2n) is 9.98. The first-order valence-corrected chi connectivity index (χ1v) is 13.3. The molecule has 0 bridgehead atoms. The minimum absolute atomic E-state index is 0.364. The van der Waals surface area contributed by atoms with Crippen molar-refractivity contribution >= 4 is 40.0 Å². The number of hydrogen-bond acceptors (Lipinski definition) is 6. The van der Waals surface area contributed by atoms with Gasteiger partial charge >= 0.3 is 5.97 Å². The highest BCUT2D eigenvalue weighted by Gasteiger charge is 2.36. The maximum absolute atomic E-state index is 13.4. The van der Waals surface area contributed by atoms with E-state index in [1.54, 1.807) is 45.2 Å². The summed E-state index contributed by atoms with van der Waals surface area (Å²) in [7, 11) is 1.60. The van der Waals surface area contributed by atoms with Gasteiger partial charge in [0.15, 0.2) is 12.2 Å². The van der Waals surface area contributed by atoms with E-state index >= 15 is 0 Å². The molecular formula is C32H29ClN2O5. The van der Waals surface area contributed by atoms with Crippen molar-refractivity contribution in [1.82, 2.24) is 5.01 Å². The number of carbonyl (C=O) groups is 2. The minimum atomic E-state index is -1.33. The molecule has 0 saturated heterocycles. The maximum atomic E-state index is 13.4. The second kappa shape index (κ2) is 11.4. The van der Waals surface area contributed by atoms with Gasteiger partial charge in [-0.3, -0.25) is 4.79 Å². The van der Waals surface area contributed by atoms with E-state index in [2.05, 4.69) is 12.1 Å². The zero-order valence-corrected chi connectivity index (χ0v) is 23.2. The first-order chi connectivity index (χ1) is 19.2. The Hall–Kier alpha value is -4.36. The lowest BCUT2D eigenvalue weighted by atomic mass is 9.97. The van der Waals surface area contributed by atoms with E-state index in [4.69, 9.17) is 30.9 Å². The Bertz CT molecular complexity index is 1560. The molecule has 0 fully saturated rings. The highest BCUT2D eigenvalue weighted by molar-refractivity contribution is 6.30. The lowest BCUT2D eigenvalue weighted by Gasteiger charge is -2.25. The summed E-state index contributed by atoms with van der Waals surface area (Å²) in [6, 6.07) is 28.0. The molecule has 1 aliphatic rings. The van der Waals surface area contributed by atoms with E-state index < -0.39 is 24.1 Å². The number of hydrazone groups is 1. The third kappa shape index (κ3) is 5.95. The number of amides is 1. The molecule has 1 aliphatic heterocycles. The van der Waals surface area contributed by atoms with Crippen LogP contribution in [0.25, 0.3) is 10.8 Å². The molecule has 204 valence electrons. The summed E-state index contributed by atoms with van der Waals surface area (Å²) < 4.78 is 16.5. The summed E-state index contributed by atoms with van der Waals surface area (Å²) in [5.41, 5.74) is 1.28. The fourth-order valence-electron chi connectivity index (χ4n) is 4.58. The molecule has 5 rings (SSSR count). The van der Waals surface area contributed by atoms with Crippen LogP contribution in [0.2, 0.25) is 5.02 Å². The van der Waals surface area contributed by atoms with Gasteiger partial charge in [-0.2, -0.15) is 5.10 Å². The van der Waals surface area contributed by atoms with Crippen LogP contribution in [-0.4, -0.2) is 41.9 Å². The summed E-state index contributed by atoms with van der Waals surface area (Å²) in [6.45, 7) is 2.69. The Morgan fingerprint density at radius 2 is 1.60 bits per heavy atom. The van der Waals surface area contributed by atoms with E-state index in [1.165, 1.54) is 5.01 Å². The number of esters is 1. The van der Waals surface area contributed by atoms with Crippen LogP contribution in [0.1, 0.15) is 37.4 Å². The number of hydrogen-bond donors (Lipinski definition) is 0. The molecule has 0 N–H and O–H groups in total. The van der Waals surface area contributed by atoms with Crippen LogP contribution in [0.3, 0.4) is 0 Å². The number of ether oxygens (including phenoxy) is 3. The van der Waals surface area contributed by atoms with Crippen LogP contribution >= 0.6 is 11.6 Å². The molecule has 1 heterocycles. The Balaban J connectivity index is 1.35. The Morgan fingerprint density at radius 3 is 2.30 bits per heavy atom. The molecule has 1 amide bonds. The maximum Gasteiger partial charge on any atom is 0.350 e. The largest absolute Gasteiger partial charge is 0.497 e. The molecule has 4 aromatic carbocycles. The molecular weight excluding hydrogens is 528 g/mol. The van der Waals surface area contributed by atoms with Crippen molar-refractivity contribution in [2.45, 2.75) is 31.9 Å². The molecule has 0 spiro atoms. The normalized spacial score (nSPS) is 15.1. The number of carbonyl (C=O) groups excluding carboxylic acids is 2. The first kappa shape index (κ1) is 27.2. The zero-order chi connectivity index (χ0) is 28.3. The van der Waals surface area contributed by atoms with Gasteiger partial charge < -0.3 is 14.2 Å². The van der Waals surface area contributed by atoms with E-state index in [0.29, 0.717) is 22.9 Å². The van der Waals surface area contributed by atoms with Gasteiger partial charge in [0.2, 0.25) is 0 Å². The molecule has 40 heavy (non-hydrogen) atoms. The van der Waals surface area contributed by atoms with Crippen molar-refractivity contribution in [2.75, 3.05) is 13.7 Å². The van der Waals surface area contributed by atoms with Crippen LogP contribution in [0.5, 0.6) is 11.5 Å². The van der Waals surface area contributed by atoms with Crippen molar-refractivity contribution in [3.63, 3.8) is 0 Å². The van der Waals surface area contributed by atoms with Crippen molar-refractivity contribution in [3.8, 4) is 11.5 Å². The van der Waals surface area contributed by atoms with Gasteiger partial charge in [-0.25, -0.2) is 9.80 Å². The molecule has 1 atom stereocenters. The summed E-state index contributed by atoms with van der Waals surface area (Å²) in [4.78, 5) is 26.3. The van der Waals surface area contributed by atoms with Crippen molar-refractivity contribution in [1.29, 1.82) is 0 Å². The smallest absolute Gasteiger partial charge is 0.350 e. The quantitative estimate of drug-likeness (QED) is 0.229. The highest BCUT2D eigenvalue weighted by Crippen LogP contribution is 2.34. The van der Waals surface area contributed by atoms with Gasteiger partial charge in [0.25, 0.3) is 5.91 Å². The molecule has 0 radical (unpaired) electrons. The number of rotatable bonds is 8. The predicted octanol–water partition coefficient (Wildman–Crippen LogP) is 6.58. The van der Waals surface area contributed by atoms with Gasteiger partial charge in [0, 0.05) is 11.4 Å². The van der Waals surface area contributed by atoms with Crippen molar-refractivity contribution in [2.24, 2.45) is 5.10 Å². The molecule has 8 heteroatoms. The third-order valence-electron chi connectivity index (χ3n) is 6.75. The fourth-order valence-corrected chi connectivity index (χ4v) is 4.70. The van der Waals surface area contributed by atoms with Crippen molar-refractivity contribution in [3.05, 3.63) is 107 Å². The molecule has 0 saturated carbocycles. The third-order valence-corrected chi connectivity index (χ3v) is 7.01. The van der Waals surface area contributed by atoms with Crippen LogP contribution in [-0.2, 0) is 14.3 Å². The molecule has 4 aromatic rings. The Labute approximate surface area is 237 Å². The van der Waals surface area contributed by atoms with Gasteiger partial charge in [0.1, 0.15) is 11.5 Å². The lowest BCUT2D eigenvalue weighted by molar-refractivity contribution is -0.164. The lowest BCUT2D eigenvalue weighted by Crippen LogP contribution is -2.41. The van der Waals surface area contributed by atoms with Crippen LogP contribution in [0, 0.1) is 0 Å². The van der Waals surface area contributed by atoms with Gasteiger partial charge in [-0.05, 0) is 78.2 Å². The molecule has 0 aliphatic carbocycles. The summed E-state index contributed by atoms with van der Waals surface area (Å²) in [6.07, 6.45) is 0.509. The highest BCUT2D eigenvalue weighted by atomic mass is 35.5. The number of fused-ring (bicyclic) bond motifs is 1. The number of methoxy groups -OCH3 is 1. The SMILES string of the molecule is COc1ccc(C2CC(c3ccc4ccccc4c3)=NN2C(=O)COC(=O)C(C)(C)Oc2ccc(Cl)cc2)cc1. The van der Waals surface area contributed by atoms with Gasteiger partial charge in [-0.15, -0.1) is 0 Å². The van der Waals surface area contributed by atoms with E-state index in [-0.39, 0.29) is 6.04 Å². The van der Waals surface area contributed by atoms with E-state index in [9.17, 15) is 9.59 Å². The summed E-state index contributed by atoms with van der Waals surface area (Å²) in [5.74, 6) is 0.0653. The van der Waals surface area contributed by atoms with Gasteiger partial charge in [-0.1, -0.05) is 60.1 Å². The summed E-state index contributed by atoms with van der Waals surface area (Å²) >= 11 is 5.93. The van der Waals surface area contributed by atoms with Crippen LogP contribution in [0.15, 0.2) is 96.1 Å². The first-order valence-electron chi connectivity index (χ1n) is 12.9. The standard InChI is InChI=1S/C32H29ClN2O5/c1-32(2,40-27-16-12-25(33)13-17-27)31(37)39-20-30(36)35-29(22-10-14-26(38-3)15-11-22)19-28(34-35)24-9-8-21-6-4-5-7-23(21)18-24/h4-18,29H,19-20H2,1-3H3. The molecule has 0 aromatic heterocycles. The molecule has 7 nitrogen and oxygen atoms in total. The van der Waals surface area contributed by atoms with E-state index in [1.807, 2.05) is 54.6 Å². The fraction of sp³-hybridized carbons (Fsp3) is 0.219. The zero-order valence-electron chi connectivity index (χ0n) is 22.5. The Morgan fingerprint density at radius 1 is 0.925 bits per heavy atom. The summed E-state index contributed by atoms with van der Waals surface area (Å²) in [5, 5.41) is 8.89. The minimum Gasteiger partial charge on any atom is -0.497 e. The van der Waals surface area contributed by atoms with Crippen molar-refractivity contribution < 1.29 is 23.8 Å². The van der Waals surface area contributed by atoms with E-state index in [0.717, 1.165) is 27.6 Å². The van der Waals surface area contributed by atoms with Crippen LogP contribution in [0.4, 0.5) is 0 Å².